The number of nitrogens with zero attached hydrogens (tertiary/aromatic N) is 2. The molecule has 0 saturated carbocycles. The number of carbonyl (C=O) groups is 1. The molecule has 2 aromatic rings. The molecule has 0 unspecified atom stereocenters. The van der Waals surface area contributed by atoms with E-state index in [1.54, 1.807) is 46.2 Å². The molecule has 0 radical (unpaired) electrons. The molecular formula is C21H28N2O5. The van der Waals surface area contributed by atoms with Gasteiger partial charge in [0.05, 0.1) is 26.4 Å². The van der Waals surface area contributed by atoms with Crippen LogP contribution in [-0.2, 0) is 26.4 Å². The van der Waals surface area contributed by atoms with Crippen LogP contribution >= 0.6 is 0 Å². The number of anilines is 2. The zero-order valence-corrected chi connectivity index (χ0v) is 16.3. The zero-order valence-electron chi connectivity index (χ0n) is 16.3. The molecule has 0 heterocycles. The van der Waals surface area contributed by atoms with Gasteiger partial charge in [-0.05, 0) is 60.4 Å². The maximum Gasteiger partial charge on any atom is 0.328 e. The van der Waals surface area contributed by atoms with E-state index in [4.69, 9.17) is 0 Å². The molecule has 7 nitrogen and oxygen atoms in total. The van der Waals surface area contributed by atoms with Crippen molar-refractivity contribution in [3.8, 4) is 0 Å². The first-order chi connectivity index (χ1) is 13.5. The fraction of sp³-hybridized carbons (Fsp3) is 0.381. The third-order valence-electron chi connectivity index (χ3n) is 4.52. The fourth-order valence-electron chi connectivity index (χ4n) is 3.17. The van der Waals surface area contributed by atoms with Crippen LogP contribution in [0.4, 0.5) is 16.2 Å². The Morgan fingerprint density at radius 1 is 0.643 bits per heavy atom. The minimum absolute atomic E-state index is 0.192. The number of aliphatic hydroxyl groups excluding tert-OH is 4. The summed E-state index contributed by atoms with van der Waals surface area (Å²) in [5, 5.41) is 37.9. The van der Waals surface area contributed by atoms with E-state index in [-0.39, 0.29) is 32.5 Å². The lowest BCUT2D eigenvalue weighted by atomic mass is 10.1. The van der Waals surface area contributed by atoms with E-state index < -0.39 is 0 Å². The minimum Gasteiger partial charge on any atom is -0.392 e. The van der Waals surface area contributed by atoms with Crippen LogP contribution in [0.1, 0.15) is 36.1 Å². The van der Waals surface area contributed by atoms with Gasteiger partial charge in [0.25, 0.3) is 0 Å². The van der Waals surface area contributed by atoms with Gasteiger partial charge in [0.1, 0.15) is 0 Å². The minimum atomic E-state index is -0.275. The van der Waals surface area contributed by atoms with Crippen molar-refractivity contribution in [3.05, 3.63) is 58.7 Å². The second-order valence-corrected chi connectivity index (χ2v) is 6.42. The number of benzene rings is 2. The van der Waals surface area contributed by atoms with Crippen molar-refractivity contribution < 1.29 is 25.2 Å². The average Bonchev–Trinajstić information content (AvgIpc) is 2.74. The summed E-state index contributed by atoms with van der Waals surface area (Å²) >= 11 is 0. The molecule has 0 fully saturated rings. The second kappa shape index (κ2) is 10.2. The Hall–Kier alpha value is -2.45. The number of hydrogen-bond acceptors (Lipinski definition) is 5. The van der Waals surface area contributed by atoms with Crippen LogP contribution in [0.5, 0.6) is 0 Å². The highest BCUT2D eigenvalue weighted by Crippen LogP contribution is 2.25. The van der Waals surface area contributed by atoms with Crippen LogP contribution in [-0.4, -0.2) is 39.5 Å². The van der Waals surface area contributed by atoms with Gasteiger partial charge in [0, 0.05) is 24.5 Å². The lowest BCUT2D eigenvalue weighted by molar-refractivity contribution is 0.251. The smallest absolute Gasteiger partial charge is 0.328 e. The molecule has 7 heteroatoms. The van der Waals surface area contributed by atoms with E-state index >= 15 is 0 Å². The summed E-state index contributed by atoms with van der Waals surface area (Å²) in [7, 11) is 0. The molecule has 0 bridgehead atoms. The Morgan fingerprint density at radius 3 is 1.14 bits per heavy atom. The van der Waals surface area contributed by atoms with Crippen LogP contribution in [0.2, 0.25) is 0 Å². The van der Waals surface area contributed by atoms with Gasteiger partial charge in [-0.25, -0.2) is 4.79 Å². The molecule has 0 atom stereocenters. The molecule has 2 aromatic carbocycles. The summed E-state index contributed by atoms with van der Waals surface area (Å²) in [5.41, 5.74) is 3.62. The topological polar surface area (TPSA) is 104 Å². The van der Waals surface area contributed by atoms with Gasteiger partial charge < -0.3 is 20.4 Å². The van der Waals surface area contributed by atoms with Gasteiger partial charge in [-0.2, -0.15) is 0 Å². The first-order valence-electron chi connectivity index (χ1n) is 9.29. The Balaban J connectivity index is 2.45. The number of rotatable bonds is 8. The van der Waals surface area contributed by atoms with E-state index in [1.165, 1.54) is 0 Å². The maximum absolute atomic E-state index is 13.3. The summed E-state index contributed by atoms with van der Waals surface area (Å²) in [6.45, 7) is 3.71. The highest BCUT2D eigenvalue weighted by atomic mass is 16.3. The molecule has 152 valence electrons. The molecule has 0 aromatic heterocycles. The van der Waals surface area contributed by atoms with Gasteiger partial charge in [0.15, 0.2) is 0 Å². The van der Waals surface area contributed by atoms with Crippen molar-refractivity contribution in [2.45, 2.75) is 40.3 Å². The predicted octanol–water partition coefficient (Wildman–Crippen LogP) is 2.13. The van der Waals surface area contributed by atoms with Crippen LogP contribution in [0, 0.1) is 0 Å². The van der Waals surface area contributed by atoms with Crippen molar-refractivity contribution in [1.29, 1.82) is 0 Å². The summed E-state index contributed by atoms with van der Waals surface area (Å²) in [5.74, 6) is 0. The lowest BCUT2D eigenvalue weighted by Gasteiger charge is -2.30. The van der Waals surface area contributed by atoms with Crippen molar-refractivity contribution >= 4 is 17.4 Å². The molecular weight excluding hydrogens is 360 g/mol. The van der Waals surface area contributed by atoms with Crippen LogP contribution in [0.15, 0.2) is 36.4 Å². The summed E-state index contributed by atoms with van der Waals surface area (Å²) in [6, 6.07) is 9.99. The van der Waals surface area contributed by atoms with Crippen molar-refractivity contribution in [1.82, 2.24) is 0 Å². The van der Waals surface area contributed by atoms with Gasteiger partial charge in [-0.3, -0.25) is 9.80 Å². The number of amides is 2. The van der Waals surface area contributed by atoms with Crippen molar-refractivity contribution in [2.75, 3.05) is 22.9 Å². The highest BCUT2D eigenvalue weighted by Gasteiger charge is 2.23. The molecule has 0 spiro atoms. The Bertz CT molecular complexity index is 699. The molecule has 28 heavy (non-hydrogen) atoms. The largest absolute Gasteiger partial charge is 0.392 e. The normalized spacial score (nSPS) is 10.8. The third kappa shape index (κ3) is 4.88. The lowest BCUT2D eigenvalue weighted by Crippen LogP contribution is -2.43. The van der Waals surface area contributed by atoms with Crippen LogP contribution < -0.4 is 9.80 Å². The Morgan fingerprint density at radius 2 is 0.929 bits per heavy atom. The monoisotopic (exact) mass is 388 g/mol. The molecule has 0 saturated heterocycles. The van der Waals surface area contributed by atoms with Gasteiger partial charge in [-0.1, -0.05) is 12.1 Å². The van der Waals surface area contributed by atoms with Crippen LogP contribution in [0.3, 0.4) is 0 Å². The van der Waals surface area contributed by atoms with E-state index in [0.29, 0.717) is 46.7 Å². The van der Waals surface area contributed by atoms with E-state index in [2.05, 4.69) is 0 Å². The standard InChI is InChI=1S/C21H28N2O5/c1-3-22(19-7-15(11-24)5-16(8-19)12-25)21(28)23(4-2)20-9-17(13-26)6-18(10-20)14-27/h5-10,24-27H,3-4,11-14H2,1-2H3. The highest BCUT2D eigenvalue weighted by molar-refractivity contribution is 6.03. The number of aliphatic hydroxyl groups is 4. The first-order valence-corrected chi connectivity index (χ1v) is 9.29. The van der Waals surface area contributed by atoms with Gasteiger partial charge in [-0.15, -0.1) is 0 Å². The SMILES string of the molecule is CCN(C(=O)N(CC)c1cc(CO)cc(CO)c1)c1cc(CO)cc(CO)c1. The van der Waals surface area contributed by atoms with Crippen LogP contribution in [0.25, 0.3) is 0 Å². The number of carbonyl (C=O) groups excluding carboxylic acids is 1. The Kier molecular flexibility index (Phi) is 7.95. The Labute approximate surface area is 165 Å². The quantitative estimate of drug-likeness (QED) is 0.555. The summed E-state index contributed by atoms with van der Waals surface area (Å²) < 4.78 is 0. The maximum atomic E-state index is 13.3. The number of urea groups is 1. The third-order valence-corrected chi connectivity index (χ3v) is 4.52. The predicted molar refractivity (Wildman–Crippen MR) is 108 cm³/mol. The molecule has 2 amide bonds. The fourth-order valence-corrected chi connectivity index (χ4v) is 3.17. The van der Waals surface area contributed by atoms with Gasteiger partial charge >= 0.3 is 6.03 Å². The van der Waals surface area contributed by atoms with Crippen molar-refractivity contribution in [3.63, 3.8) is 0 Å². The van der Waals surface area contributed by atoms with Crippen molar-refractivity contribution in [2.24, 2.45) is 0 Å². The van der Waals surface area contributed by atoms with Gasteiger partial charge in [0.2, 0.25) is 0 Å². The molecule has 0 aliphatic carbocycles. The summed E-state index contributed by atoms with van der Waals surface area (Å²) in [6.07, 6.45) is 0. The molecule has 2 rings (SSSR count). The van der Waals surface area contributed by atoms with E-state index in [0.717, 1.165) is 0 Å². The molecule has 0 aliphatic rings. The average molecular weight is 388 g/mol. The zero-order chi connectivity index (χ0) is 20.7. The molecule has 0 aliphatic heterocycles. The first kappa shape index (κ1) is 21.8. The van der Waals surface area contributed by atoms with E-state index in [9.17, 15) is 25.2 Å². The molecule has 4 N–H and O–H groups in total. The van der Waals surface area contributed by atoms with E-state index in [1.807, 2.05) is 13.8 Å². The summed E-state index contributed by atoms with van der Waals surface area (Å²) in [4.78, 5) is 16.4. The number of hydrogen-bond donors (Lipinski definition) is 4. The second-order valence-electron chi connectivity index (χ2n) is 6.42.